The van der Waals surface area contributed by atoms with Crippen LogP contribution in [0.4, 0.5) is 0 Å². The molecular weight excluding hydrogens is 210 g/mol. The molecule has 4 rings (SSSR count). The van der Waals surface area contributed by atoms with Gasteiger partial charge in [-0.1, -0.05) is 36.4 Å². The van der Waals surface area contributed by atoms with E-state index >= 15 is 0 Å². The number of aromatic nitrogens is 1. The van der Waals surface area contributed by atoms with E-state index in [1.165, 1.54) is 16.5 Å². The smallest absolute Gasteiger partial charge is 0.143 e. The fourth-order valence-corrected chi connectivity index (χ4v) is 2.51. The molecule has 82 valence electrons. The Kier molecular flexibility index (Phi) is 1.64. The highest BCUT2D eigenvalue weighted by Crippen LogP contribution is 2.34. The second-order valence-corrected chi connectivity index (χ2v) is 4.29. The molecule has 2 heteroatoms. The lowest BCUT2D eigenvalue weighted by Gasteiger charge is -2.20. The van der Waals surface area contributed by atoms with Crippen molar-refractivity contribution in [3.8, 4) is 11.4 Å². The summed E-state index contributed by atoms with van der Waals surface area (Å²) in [6, 6.07) is 16.6. The van der Waals surface area contributed by atoms with Crippen molar-refractivity contribution in [2.45, 2.75) is 6.61 Å². The molecule has 0 unspecified atom stereocenters. The van der Waals surface area contributed by atoms with Crippen LogP contribution in [0, 0.1) is 0 Å². The summed E-state index contributed by atoms with van der Waals surface area (Å²) < 4.78 is 8.04. The molecule has 0 saturated carbocycles. The predicted octanol–water partition coefficient (Wildman–Crippen LogP) is 3.52. The average molecular weight is 221 g/mol. The van der Waals surface area contributed by atoms with Gasteiger partial charge in [-0.2, -0.15) is 0 Å². The van der Waals surface area contributed by atoms with E-state index in [0.717, 1.165) is 11.4 Å². The summed E-state index contributed by atoms with van der Waals surface area (Å²) in [5, 5.41) is 2.55. The Morgan fingerprint density at radius 1 is 0.941 bits per heavy atom. The van der Waals surface area contributed by atoms with Gasteiger partial charge in [0.05, 0.1) is 11.4 Å². The van der Waals surface area contributed by atoms with Crippen molar-refractivity contribution in [3.63, 3.8) is 0 Å². The normalized spacial score (nSPS) is 12.9. The number of benzene rings is 2. The molecule has 0 aliphatic carbocycles. The highest BCUT2D eigenvalue weighted by atomic mass is 16.5. The lowest BCUT2D eigenvalue weighted by atomic mass is 10.2. The zero-order valence-corrected chi connectivity index (χ0v) is 9.26. The summed E-state index contributed by atoms with van der Waals surface area (Å²) in [7, 11) is 0. The van der Waals surface area contributed by atoms with Crippen LogP contribution in [0.15, 0.2) is 54.7 Å². The standard InChI is InChI=1S/C15H11NO/c1-2-6-12-11(5-1)9-16-13-7-3-4-8-15(13)17-10-14(12)16/h1-9H,10H2. The first kappa shape index (κ1) is 8.88. The molecule has 0 N–H and O–H groups in total. The number of ether oxygens (including phenoxy) is 1. The van der Waals surface area contributed by atoms with Crippen LogP contribution in [0.1, 0.15) is 5.69 Å². The topological polar surface area (TPSA) is 14.2 Å². The van der Waals surface area contributed by atoms with Crippen molar-refractivity contribution in [3.05, 3.63) is 60.4 Å². The number of para-hydroxylation sites is 2. The number of rotatable bonds is 0. The van der Waals surface area contributed by atoms with Gasteiger partial charge < -0.3 is 9.30 Å². The van der Waals surface area contributed by atoms with Gasteiger partial charge in [0.25, 0.3) is 0 Å². The monoisotopic (exact) mass is 221 g/mol. The molecule has 0 fully saturated rings. The van der Waals surface area contributed by atoms with Crippen LogP contribution in [0.2, 0.25) is 0 Å². The third-order valence-corrected chi connectivity index (χ3v) is 3.32. The van der Waals surface area contributed by atoms with Crippen LogP contribution in [0.5, 0.6) is 5.75 Å². The molecule has 17 heavy (non-hydrogen) atoms. The fourth-order valence-electron chi connectivity index (χ4n) is 2.51. The molecule has 2 nitrogen and oxygen atoms in total. The van der Waals surface area contributed by atoms with Crippen molar-refractivity contribution in [1.82, 2.24) is 4.57 Å². The minimum Gasteiger partial charge on any atom is -0.485 e. The second kappa shape index (κ2) is 3.14. The third kappa shape index (κ3) is 1.15. The molecule has 2 heterocycles. The Bertz CT molecular complexity index is 712. The van der Waals surface area contributed by atoms with E-state index in [2.05, 4.69) is 41.1 Å². The molecular formula is C15H11NO. The van der Waals surface area contributed by atoms with Crippen molar-refractivity contribution in [2.24, 2.45) is 0 Å². The van der Waals surface area contributed by atoms with Gasteiger partial charge in [0.2, 0.25) is 0 Å². The summed E-state index contributed by atoms with van der Waals surface area (Å²) in [4.78, 5) is 0. The highest BCUT2D eigenvalue weighted by molar-refractivity contribution is 5.87. The van der Waals surface area contributed by atoms with Crippen LogP contribution in [-0.2, 0) is 6.61 Å². The maximum Gasteiger partial charge on any atom is 0.143 e. The molecule has 0 atom stereocenters. The Morgan fingerprint density at radius 3 is 2.76 bits per heavy atom. The van der Waals surface area contributed by atoms with Gasteiger partial charge in [-0.25, -0.2) is 0 Å². The molecule has 1 aromatic heterocycles. The van der Waals surface area contributed by atoms with Crippen LogP contribution in [0.3, 0.4) is 0 Å². The second-order valence-electron chi connectivity index (χ2n) is 4.29. The van der Waals surface area contributed by atoms with Gasteiger partial charge in [-0.15, -0.1) is 0 Å². The number of hydrogen-bond donors (Lipinski definition) is 0. The molecule has 2 aromatic carbocycles. The van der Waals surface area contributed by atoms with Gasteiger partial charge in [0.15, 0.2) is 0 Å². The molecule has 0 saturated heterocycles. The minimum atomic E-state index is 0.643. The number of fused-ring (bicyclic) bond motifs is 5. The molecule has 1 aliphatic rings. The summed E-state index contributed by atoms with van der Waals surface area (Å²) in [5.74, 6) is 0.959. The van der Waals surface area contributed by atoms with Crippen LogP contribution < -0.4 is 4.74 Å². The largest absolute Gasteiger partial charge is 0.485 e. The molecule has 0 amide bonds. The number of hydrogen-bond acceptors (Lipinski definition) is 1. The van der Waals surface area contributed by atoms with Crippen LogP contribution >= 0.6 is 0 Å². The van der Waals surface area contributed by atoms with Crippen molar-refractivity contribution >= 4 is 10.8 Å². The maximum atomic E-state index is 5.80. The first-order valence-corrected chi connectivity index (χ1v) is 5.75. The zero-order chi connectivity index (χ0) is 11.2. The van der Waals surface area contributed by atoms with E-state index in [9.17, 15) is 0 Å². The highest BCUT2D eigenvalue weighted by Gasteiger charge is 2.18. The summed E-state index contributed by atoms with van der Waals surface area (Å²) >= 11 is 0. The van der Waals surface area contributed by atoms with E-state index in [1.54, 1.807) is 0 Å². The maximum absolute atomic E-state index is 5.80. The quantitative estimate of drug-likeness (QED) is 0.566. The van der Waals surface area contributed by atoms with Gasteiger partial charge in [-0.3, -0.25) is 0 Å². The summed E-state index contributed by atoms with van der Waals surface area (Å²) in [6.45, 7) is 0.643. The third-order valence-electron chi connectivity index (χ3n) is 3.32. The number of nitrogens with zero attached hydrogens (tertiary/aromatic N) is 1. The Labute approximate surface area is 99.1 Å². The van der Waals surface area contributed by atoms with Crippen LogP contribution in [0.25, 0.3) is 16.5 Å². The molecule has 0 spiro atoms. The van der Waals surface area contributed by atoms with E-state index in [-0.39, 0.29) is 0 Å². The Hall–Kier alpha value is -2.22. The van der Waals surface area contributed by atoms with Crippen LogP contribution in [-0.4, -0.2) is 4.57 Å². The molecule has 0 radical (unpaired) electrons. The SMILES string of the molecule is c1ccc2c(c1)OCc1c3ccccc3cn1-2. The van der Waals surface area contributed by atoms with Gasteiger partial charge in [-0.05, 0) is 12.1 Å². The van der Waals surface area contributed by atoms with E-state index < -0.39 is 0 Å². The summed E-state index contributed by atoms with van der Waals surface area (Å²) in [6.07, 6.45) is 2.19. The molecule has 0 bridgehead atoms. The molecule has 1 aliphatic heterocycles. The fraction of sp³-hybridized carbons (Fsp3) is 0.0667. The van der Waals surface area contributed by atoms with E-state index in [1.807, 2.05) is 18.2 Å². The van der Waals surface area contributed by atoms with Crippen molar-refractivity contribution in [1.29, 1.82) is 0 Å². The van der Waals surface area contributed by atoms with E-state index in [4.69, 9.17) is 4.74 Å². The minimum absolute atomic E-state index is 0.643. The van der Waals surface area contributed by atoms with Crippen molar-refractivity contribution in [2.75, 3.05) is 0 Å². The first-order chi connectivity index (χ1) is 8.43. The van der Waals surface area contributed by atoms with Crippen molar-refractivity contribution < 1.29 is 4.74 Å². The van der Waals surface area contributed by atoms with Gasteiger partial charge in [0, 0.05) is 17.0 Å². The Balaban J connectivity index is 2.10. The first-order valence-electron chi connectivity index (χ1n) is 5.75. The lowest BCUT2D eigenvalue weighted by molar-refractivity contribution is 0.287. The summed E-state index contributed by atoms with van der Waals surface area (Å²) in [5.41, 5.74) is 2.37. The lowest BCUT2D eigenvalue weighted by Crippen LogP contribution is -2.11. The Morgan fingerprint density at radius 2 is 1.76 bits per heavy atom. The predicted molar refractivity (Wildman–Crippen MR) is 67.6 cm³/mol. The van der Waals surface area contributed by atoms with E-state index in [0.29, 0.717) is 6.61 Å². The zero-order valence-electron chi connectivity index (χ0n) is 9.26. The van der Waals surface area contributed by atoms with Gasteiger partial charge >= 0.3 is 0 Å². The van der Waals surface area contributed by atoms with Gasteiger partial charge in [0.1, 0.15) is 12.4 Å². The molecule has 3 aromatic rings. The average Bonchev–Trinajstić information content (AvgIpc) is 2.78.